The number of rotatable bonds is 0. The fourth-order valence-electron chi connectivity index (χ4n) is 0.664. The predicted molar refractivity (Wildman–Crippen MR) is 31.5 cm³/mol. The van der Waals surface area contributed by atoms with E-state index >= 15 is 0 Å². The van der Waals surface area contributed by atoms with Gasteiger partial charge < -0.3 is 0 Å². The maximum Gasteiger partial charge on any atom is -0.269 e. The van der Waals surface area contributed by atoms with E-state index in [1.54, 1.807) is 28.0 Å². The predicted octanol–water partition coefficient (Wildman–Crippen LogP) is 2.07. The summed E-state index contributed by atoms with van der Waals surface area (Å²) in [6.07, 6.45) is 5.74. The second-order valence-corrected chi connectivity index (χ2v) is 3.40. The minimum atomic E-state index is 0. The number of hydrogen-bond donors (Lipinski definition) is 0. The molecule has 0 saturated carbocycles. The summed E-state index contributed by atoms with van der Waals surface area (Å²) in [5, 5.41) is 0. The van der Waals surface area contributed by atoms with Crippen molar-refractivity contribution in [1.29, 1.82) is 0 Å². The Hall–Kier alpha value is 0.223. The van der Waals surface area contributed by atoms with E-state index in [1.165, 1.54) is 12.0 Å². The number of halogens is 2. The molecule has 1 rings (SSSR count). The molecule has 0 aromatic heterocycles. The Labute approximate surface area is 68.6 Å². The van der Waals surface area contributed by atoms with Gasteiger partial charge in [-0.3, -0.25) is 9.41 Å². The van der Waals surface area contributed by atoms with Gasteiger partial charge in [0.25, 0.3) is 0 Å². The molecule has 0 heterocycles. The van der Waals surface area contributed by atoms with Crippen molar-refractivity contribution in [3.8, 4) is 0 Å². The zero-order chi connectivity index (χ0) is 5.28. The van der Waals surface area contributed by atoms with Crippen LogP contribution < -0.4 is 0 Å². The Morgan fingerprint density at radius 3 is 2.11 bits per heavy atom. The van der Waals surface area contributed by atoms with Crippen molar-refractivity contribution in [2.75, 3.05) is 0 Å². The van der Waals surface area contributed by atoms with Gasteiger partial charge in [-0.1, -0.05) is 0 Å². The van der Waals surface area contributed by atoms with Crippen molar-refractivity contribution in [2.45, 2.75) is 13.3 Å². The van der Waals surface area contributed by atoms with E-state index in [4.69, 9.17) is 0 Å². The fourth-order valence-corrected chi connectivity index (χ4v) is 1.47. The first-order valence-corrected chi connectivity index (χ1v) is 3.61. The van der Waals surface area contributed by atoms with Crippen LogP contribution in [0.4, 0.5) is 9.41 Å². The minimum absolute atomic E-state index is 0. The molecule has 1 aliphatic carbocycles. The Kier molecular flexibility index (Phi) is 6.70. The molecule has 3 heteroatoms. The van der Waals surface area contributed by atoms with Crippen molar-refractivity contribution in [2.24, 2.45) is 0 Å². The summed E-state index contributed by atoms with van der Waals surface area (Å²) in [7, 11) is 0. The molecule has 0 spiro atoms. The molecule has 0 saturated heterocycles. The van der Waals surface area contributed by atoms with Gasteiger partial charge in [0.05, 0.1) is 0 Å². The van der Waals surface area contributed by atoms with Crippen LogP contribution in [0.3, 0.4) is 0 Å². The zero-order valence-electron chi connectivity index (χ0n) is 5.18. The van der Waals surface area contributed by atoms with Crippen molar-refractivity contribution in [3.05, 3.63) is 21.0 Å². The van der Waals surface area contributed by atoms with Gasteiger partial charge in [-0.05, 0) is 0 Å². The molecule has 0 fully saturated rings. The van der Waals surface area contributed by atoms with Crippen molar-refractivity contribution < 1.29 is 34.1 Å². The maximum atomic E-state index is 2.27. The molecule has 0 aromatic rings. The zero-order valence-corrected chi connectivity index (χ0v) is 7.64. The van der Waals surface area contributed by atoms with Crippen LogP contribution in [0.15, 0.2) is 21.0 Å². The van der Waals surface area contributed by atoms with Gasteiger partial charge >= 0.3 is 59.1 Å². The molecule has 0 radical (unpaired) electrons. The maximum absolute atomic E-state index is 2.27. The van der Waals surface area contributed by atoms with E-state index < -0.39 is 0 Å². The second kappa shape index (κ2) is 5.04. The molecule has 1 aliphatic rings. The van der Waals surface area contributed by atoms with Gasteiger partial charge in [0, 0.05) is 0 Å². The summed E-state index contributed by atoms with van der Waals surface area (Å²) in [5.74, 6) is 0. The third-order valence-electron chi connectivity index (χ3n) is 1.05. The summed E-state index contributed by atoms with van der Waals surface area (Å²) in [6, 6.07) is 0. The molecule has 0 N–H and O–H groups in total. The summed E-state index contributed by atoms with van der Waals surface area (Å²) in [4.78, 5) is 0. The van der Waals surface area contributed by atoms with Crippen LogP contribution in [0, 0.1) is 0 Å². The van der Waals surface area contributed by atoms with Crippen LogP contribution in [0.25, 0.3) is 0 Å². The smallest absolute Gasteiger partial charge is 0.269 e. The first-order chi connectivity index (χ1) is 3.29. The van der Waals surface area contributed by atoms with Gasteiger partial charge in [0.15, 0.2) is 0 Å². The van der Waals surface area contributed by atoms with Crippen LogP contribution in [-0.2, 0) is 24.7 Å². The molecule has 0 atom stereocenters. The van der Waals surface area contributed by atoms with Gasteiger partial charge in [-0.25, -0.2) is 0 Å². The summed E-state index contributed by atoms with van der Waals surface area (Å²) < 4.78 is 1.57. The normalized spacial score (nSPS) is 14.7. The topological polar surface area (TPSA) is 0 Å². The van der Waals surface area contributed by atoms with E-state index in [9.17, 15) is 0 Å². The van der Waals surface area contributed by atoms with Crippen LogP contribution >= 0.6 is 0 Å². The standard InChI is InChI=1S/C6H7.2FH.Zr/c1-6-4-2-3-5-6;;;/h4-5H,2H2,1H3;2*1H;. The minimum Gasteiger partial charge on any atom is -0.269 e. The molecular formula is C6H9F2Zr. The Morgan fingerprint density at radius 1 is 1.44 bits per heavy atom. The van der Waals surface area contributed by atoms with Gasteiger partial charge in [0.1, 0.15) is 0 Å². The Balaban J connectivity index is 0. The Morgan fingerprint density at radius 2 is 2.00 bits per heavy atom. The Bertz CT molecular complexity index is 138. The first kappa shape index (κ1) is 12.0. The van der Waals surface area contributed by atoms with E-state index in [0.29, 0.717) is 0 Å². The molecule has 0 nitrogen and oxygen atoms in total. The molecular weight excluding hydrogens is 201 g/mol. The molecule has 0 aromatic carbocycles. The summed E-state index contributed by atoms with van der Waals surface area (Å²) in [6.45, 7) is 2.15. The van der Waals surface area contributed by atoms with Gasteiger partial charge in [-0.2, -0.15) is 0 Å². The third-order valence-corrected chi connectivity index (χ3v) is 1.90. The quantitative estimate of drug-likeness (QED) is 0.574. The van der Waals surface area contributed by atoms with Crippen LogP contribution in [0.5, 0.6) is 0 Å². The summed E-state index contributed by atoms with van der Waals surface area (Å²) >= 11 is 1.57. The van der Waals surface area contributed by atoms with Crippen molar-refractivity contribution in [1.82, 2.24) is 0 Å². The average Bonchev–Trinajstić information content (AvgIpc) is 1.87. The van der Waals surface area contributed by atoms with E-state index in [1.807, 2.05) is 0 Å². The summed E-state index contributed by atoms with van der Waals surface area (Å²) in [5.41, 5.74) is 1.44. The third kappa shape index (κ3) is 3.74. The molecule has 0 aliphatic heterocycles. The number of allylic oxidation sites excluding steroid dienone is 4. The van der Waals surface area contributed by atoms with Gasteiger partial charge in [0.2, 0.25) is 0 Å². The second-order valence-electron chi connectivity index (χ2n) is 1.82. The largest absolute Gasteiger partial charge is 0.269 e. The van der Waals surface area contributed by atoms with E-state index in [2.05, 4.69) is 19.1 Å². The van der Waals surface area contributed by atoms with Crippen LogP contribution in [0.2, 0.25) is 0 Å². The number of hydrogen-bond acceptors (Lipinski definition) is 0. The van der Waals surface area contributed by atoms with E-state index in [-0.39, 0.29) is 9.41 Å². The average molecular weight is 210 g/mol. The molecule has 0 amide bonds. The molecule has 0 bridgehead atoms. The molecule has 51 valence electrons. The molecule has 9 heavy (non-hydrogen) atoms. The van der Waals surface area contributed by atoms with Crippen molar-refractivity contribution in [3.63, 3.8) is 0 Å². The fraction of sp³-hybridized carbons (Fsp3) is 0.333. The SMILES string of the molecule is CC1=CC[C]([Zr])=C1.F.F. The molecule has 0 unspecified atom stereocenters. The van der Waals surface area contributed by atoms with Crippen LogP contribution in [-0.4, -0.2) is 0 Å². The van der Waals surface area contributed by atoms with E-state index in [0.717, 1.165) is 0 Å². The van der Waals surface area contributed by atoms with Gasteiger partial charge in [-0.15, -0.1) is 0 Å². The monoisotopic (exact) mass is 209 g/mol. The van der Waals surface area contributed by atoms with Crippen LogP contribution in [0.1, 0.15) is 13.3 Å². The van der Waals surface area contributed by atoms with Crippen molar-refractivity contribution >= 4 is 0 Å². The first-order valence-electron chi connectivity index (χ1n) is 2.38.